The Morgan fingerprint density at radius 1 is 0.696 bits per heavy atom. The van der Waals surface area contributed by atoms with Crippen LogP contribution in [-0.4, -0.2) is 71.2 Å². The SMILES string of the molecule is Cc1ccccc1[C@@H]1CCN(S(=O)(=O)c2ccccc2C(F)(F)F)C[C@H]1C(=O)N1CCN(c2cc(Cl)ccc2C)CC1.O=S(=O)(Cl)c1ccccc1C(F)(F)F. The van der Waals surface area contributed by atoms with Crippen molar-refractivity contribution < 1.29 is 48.0 Å². The van der Waals surface area contributed by atoms with Crippen molar-refractivity contribution >= 4 is 53.0 Å². The van der Waals surface area contributed by atoms with Crippen molar-refractivity contribution in [2.24, 2.45) is 5.92 Å². The molecule has 0 aromatic heterocycles. The highest BCUT2D eigenvalue weighted by Crippen LogP contribution is 2.41. The zero-order valence-corrected chi connectivity index (χ0v) is 33.1. The molecule has 0 saturated carbocycles. The van der Waals surface area contributed by atoms with Gasteiger partial charge in [-0.05, 0) is 79.3 Å². The predicted molar refractivity (Wildman–Crippen MR) is 202 cm³/mol. The van der Waals surface area contributed by atoms with E-state index in [4.69, 9.17) is 22.3 Å². The van der Waals surface area contributed by atoms with Gasteiger partial charge in [-0.25, -0.2) is 16.8 Å². The van der Waals surface area contributed by atoms with Crippen LogP contribution in [-0.2, 0) is 36.2 Å². The molecule has 2 fully saturated rings. The van der Waals surface area contributed by atoms with Crippen LogP contribution in [0, 0.1) is 19.8 Å². The van der Waals surface area contributed by atoms with E-state index >= 15 is 0 Å². The van der Waals surface area contributed by atoms with Crippen LogP contribution in [0.4, 0.5) is 32.0 Å². The molecular formula is C38H37Cl2F6N3O5S2. The third kappa shape index (κ3) is 9.81. The zero-order chi connectivity index (χ0) is 41.2. The molecule has 0 radical (unpaired) electrons. The lowest BCUT2D eigenvalue weighted by Crippen LogP contribution is -2.54. The van der Waals surface area contributed by atoms with Gasteiger partial charge >= 0.3 is 12.4 Å². The lowest BCUT2D eigenvalue weighted by Gasteiger charge is -2.42. The molecule has 56 heavy (non-hydrogen) atoms. The summed E-state index contributed by atoms with van der Waals surface area (Å²) in [7, 11) is -4.04. The van der Waals surface area contributed by atoms with E-state index < -0.39 is 58.3 Å². The molecule has 4 aromatic carbocycles. The number of benzene rings is 4. The number of nitrogens with zero attached hydrogens (tertiary/aromatic N) is 3. The quantitative estimate of drug-likeness (QED) is 0.142. The summed E-state index contributed by atoms with van der Waals surface area (Å²) in [6, 6.07) is 21.3. The van der Waals surface area contributed by atoms with Crippen molar-refractivity contribution in [2.75, 3.05) is 44.2 Å². The first-order valence-corrected chi connectivity index (χ1v) is 21.4. The van der Waals surface area contributed by atoms with Gasteiger partial charge in [-0.2, -0.15) is 30.6 Å². The van der Waals surface area contributed by atoms with Gasteiger partial charge in [0, 0.05) is 60.7 Å². The fourth-order valence-electron chi connectivity index (χ4n) is 7.07. The molecule has 2 aliphatic heterocycles. The van der Waals surface area contributed by atoms with E-state index in [-0.39, 0.29) is 24.9 Å². The highest BCUT2D eigenvalue weighted by molar-refractivity contribution is 8.13. The Balaban J connectivity index is 0.000000362. The second kappa shape index (κ2) is 16.9. The van der Waals surface area contributed by atoms with Crippen LogP contribution in [0.15, 0.2) is 101 Å². The molecule has 18 heteroatoms. The van der Waals surface area contributed by atoms with E-state index in [1.165, 1.54) is 18.2 Å². The van der Waals surface area contributed by atoms with Gasteiger partial charge < -0.3 is 9.80 Å². The van der Waals surface area contributed by atoms with Gasteiger partial charge in [0.15, 0.2) is 0 Å². The molecule has 0 N–H and O–H groups in total. The summed E-state index contributed by atoms with van der Waals surface area (Å²) in [5.74, 6) is -1.20. The molecule has 2 saturated heterocycles. The van der Waals surface area contributed by atoms with Crippen LogP contribution in [0.3, 0.4) is 0 Å². The first-order valence-electron chi connectivity index (χ1n) is 17.2. The minimum Gasteiger partial charge on any atom is -0.368 e. The van der Waals surface area contributed by atoms with E-state index in [1.54, 1.807) is 4.90 Å². The number of amides is 1. The van der Waals surface area contributed by atoms with E-state index in [1.807, 2.05) is 56.3 Å². The Kier molecular flexibility index (Phi) is 13.1. The zero-order valence-electron chi connectivity index (χ0n) is 30.0. The molecule has 8 nitrogen and oxygen atoms in total. The monoisotopic (exact) mass is 863 g/mol. The van der Waals surface area contributed by atoms with E-state index in [0.717, 1.165) is 50.9 Å². The molecule has 302 valence electrons. The normalized spacial score (nSPS) is 18.6. The van der Waals surface area contributed by atoms with Crippen molar-refractivity contribution in [1.82, 2.24) is 9.21 Å². The van der Waals surface area contributed by atoms with Crippen molar-refractivity contribution in [2.45, 2.75) is 48.3 Å². The molecule has 0 unspecified atom stereocenters. The molecule has 2 atom stereocenters. The van der Waals surface area contributed by atoms with E-state index in [0.29, 0.717) is 43.7 Å². The average Bonchev–Trinajstić information content (AvgIpc) is 3.15. The van der Waals surface area contributed by atoms with Crippen LogP contribution >= 0.6 is 22.3 Å². The summed E-state index contributed by atoms with van der Waals surface area (Å²) in [4.78, 5) is 16.4. The van der Waals surface area contributed by atoms with Gasteiger partial charge in [0.05, 0.1) is 26.8 Å². The first-order chi connectivity index (χ1) is 26.1. The number of halogens is 8. The summed E-state index contributed by atoms with van der Waals surface area (Å²) < 4.78 is 128. The maximum absolute atomic E-state index is 14.1. The number of piperidine rings is 1. The lowest BCUT2D eigenvalue weighted by atomic mass is 9.78. The minimum absolute atomic E-state index is 0.0130. The number of alkyl halides is 6. The number of anilines is 1. The number of hydrogen-bond acceptors (Lipinski definition) is 6. The predicted octanol–water partition coefficient (Wildman–Crippen LogP) is 8.75. The topological polar surface area (TPSA) is 95.1 Å². The van der Waals surface area contributed by atoms with Crippen LogP contribution in [0.2, 0.25) is 5.02 Å². The Hall–Kier alpha value is -3.83. The molecule has 2 heterocycles. The Morgan fingerprint density at radius 2 is 1.23 bits per heavy atom. The van der Waals surface area contributed by atoms with Gasteiger partial charge in [-0.3, -0.25) is 4.79 Å². The number of sulfonamides is 1. The van der Waals surface area contributed by atoms with Crippen molar-refractivity contribution in [3.63, 3.8) is 0 Å². The summed E-state index contributed by atoms with van der Waals surface area (Å²) >= 11 is 6.23. The number of carbonyl (C=O) groups is 1. The molecule has 6 rings (SSSR count). The molecular weight excluding hydrogens is 827 g/mol. The molecule has 2 aliphatic rings. The smallest absolute Gasteiger partial charge is 0.368 e. The van der Waals surface area contributed by atoms with Gasteiger partial charge in [-0.15, -0.1) is 0 Å². The Labute approximate surface area is 331 Å². The fourth-order valence-corrected chi connectivity index (χ4v) is 10.0. The van der Waals surface area contributed by atoms with Gasteiger partial charge in [0.2, 0.25) is 15.9 Å². The summed E-state index contributed by atoms with van der Waals surface area (Å²) in [6.07, 6.45) is -9.24. The van der Waals surface area contributed by atoms with Gasteiger partial charge in [0.1, 0.15) is 0 Å². The highest BCUT2D eigenvalue weighted by atomic mass is 35.7. The van der Waals surface area contributed by atoms with Gasteiger partial charge in [0.25, 0.3) is 9.05 Å². The largest absolute Gasteiger partial charge is 0.417 e. The lowest BCUT2D eigenvalue weighted by molar-refractivity contribution is -0.140. The highest BCUT2D eigenvalue weighted by Gasteiger charge is 2.45. The minimum atomic E-state index is -4.83. The number of piperazine rings is 1. The third-order valence-corrected chi connectivity index (χ3v) is 13.4. The van der Waals surface area contributed by atoms with E-state index in [2.05, 4.69) is 4.90 Å². The standard InChI is InChI=1S/C31H33ClF3N3O3S.C7H4ClF3O2S/c1-21-7-3-4-8-24(21)25-13-14-38(42(40,41)29-10-6-5-9-27(29)31(33,34)35)20-26(25)30(39)37-17-15-36(16-18-37)28-19-23(32)12-11-22(28)2;8-14(12,13)6-4-2-1-3-5(6)7(9,10)11/h3-12,19,25-26H,13-18,20H2,1-2H3;1-4H/t25-,26+;/m0./s1. The average molecular weight is 865 g/mol. The molecule has 0 aliphatic carbocycles. The number of carbonyl (C=O) groups excluding carboxylic acids is 1. The van der Waals surface area contributed by atoms with Crippen LogP contribution < -0.4 is 4.90 Å². The summed E-state index contributed by atoms with van der Waals surface area (Å²) in [5, 5.41) is 0.630. The molecule has 4 aromatic rings. The number of hydrogen-bond donors (Lipinski definition) is 0. The Bertz CT molecular complexity index is 2280. The fraction of sp³-hybridized carbons (Fsp3) is 0.342. The molecule has 0 bridgehead atoms. The summed E-state index contributed by atoms with van der Waals surface area (Å²) in [5.41, 5.74) is 1.56. The first kappa shape index (κ1) is 43.3. The van der Waals surface area contributed by atoms with Crippen molar-refractivity contribution in [3.05, 3.63) is 124 Å². The number of rotatable bonds is 6. The second-order valence-corrected chi connectivity index (χ2v) is 18.3. The second-order valence-electron chi connectivity index (χ2n) is 13.4. The molecule has 0 spiro atoms. The summed E-state index contributed by atoms with van der Waals surface area (Å²) in [6.45, 7) is 5.80. The van der Waals surface area contributed by atoms with Crippen molar-refractivity contribution in [3.8, 4) is 0 Å². The third-order valence-electron chi connectivity index (χ3n) is 9.85. The van der Waals surface area contributed by atoms with E-state index in [9.17, 15) is 48.0 Å². The Morgan fingerprint density at radius 3 is 1.79 bits per heavy atom. The van der Waals surface area contributed by atoms with Crippen LogP contribution in [0.5, 0.6) is 0 Å². The maximum atomic E-state index is 14.1. The number of aryl methyl sites for hydroxylation is 2. The molecule has 1 amide bonds. The maximum Gasteiger partial charge on any atom is 0.417 e. The van der Waals surface area contributed by atoms with Crippen molar-refractivity contribution in [1.29, 1.82) is 0 Å². The van der Waals surface area contributed by atoms with Crippen LogP contribution in [0.1, 0.15) is 40.2 Å². The van der Waals surface area contributed by atoms with Crippen LogP contribution in [0.25, 0.3) is 0 Å². The van der Waals surface area contributed by atoms with Gasteiger partial charge in [-0.1, -0.05) is 66.2 Å².